The van der Waals surface area contributed by atoms with Gasteiger partial charge in [-0.2, -0.15) is 0 Å². The summed E-state index contributed by atoms with van der Waals surface area (Å²) in [5.74, 6) is -1.09. The van der Waals surface area contributed by atoms with Gasteiger partial charge in [0.15, 0.2) is 0 Å². The van der Waals surface area contributed by atoms with Crippen molar-refractivity contribution in [1.82, 2.24) is 0 Å². The number of carboxylic acid groups (broad SMARTS) is 1. The number of benzene rings is 1. The van der Waals surface area contributed by atoms with Crippen molar-refractivity contribution >= 4 is 28.4 Å². The Morgan fingerprint density at radius 1 is 1.47 bits per heavy atom. The lowest BCUT2D eigenvalue weighted by Crippen LogP contribution is -2.02. The van der Waals surface area contributed by atoms with Crippen molar-refractivity contribution in [3.05, 3.63) is 28.8 Å². The molecule has 1 fully saturated rings. The molecule has 0 heterocycles. The number of rotatable bonds is 3. The molecule has 3 nitrogen and oxygen atoms in total. The van der Waals surface area contributed by atoms with E-state index in [9.17, 15) is 9.00 Å². The zero-order valence-corrected chi connectivity index (χ0v) is 9.35. The predicted octanol–water partition coefficient (Wildman–Crippen LogP) is 2.31. The summed E-state index contributed by atoms with van der Waals surface area (Å²) in [6, 6.07) is 4.52. The molecule has 0 aromatic heterocycles. The lowest BCUT2D eigenvalue weighted by Gasteiger charge is -2.03. The average molecular weight is 245 g/mol. The van der Waals surface area contributed by atoms with Crippen molar-refractivity contribution in [3.63, 3.8) is 0 Å². The van der Waals surface area contributed by atoms with Gasteiger partial charge in [-0.3, -0.25) is 4.21 Å². The van der Waals surface area contributed by atoms with Crippen LogP contribution in [0.1, 0.15) is 23.2 Å². The Morgan fingerprint density at radius 3 is 2.67 bits per heavy atom. The van der Waals surface area contributed by atoms with E-state index in [1.807, 2.05) is 0 Å². The van der Waals surface area contributed by atoms with Crippen LogP contribution in [-0.4, -0.2) is 20.5 Å². The molecule has 1 saturated carbocycles. The Labute approximate surface area is 94.5 Å². The third-order valence-corrected chi connectivity index (χ3v) is 4.35. The van der Waals surface area contributed by atoms with Gasteiger partial charge in [0.2, 0.25) is 0 Å². The van der Waals surface area contributed by atoms with Crippen molar-refractivity contribution in [3.8, 4) is 0 Å². The summed E-state index contributed by atoms with van der Waals surface area (Å²) < 4.78 is 11.8. The topological polar surface area (TPSA) is 54.4 Å². The molecule has 1 unspecified atom stereocenters. The third kappa shape index (κ3) is 2.21. The fraction of sp³-hybridized carbons (Fsp3) is 0.300. The molecule has 1 aromatic rings. The smallest absolute Gasteiger partial charge is 0.337 e. The van der Waals surface area contributed by atoms with Gasteiger partial charge in [-0.05, 0) is 31.0 Å². The van der Waals surface area contributed by atoms with Gasteiger partial charge >= 0.3 is 5.97 Å². The molecular weight excluding hydrogens is 236 g/mol. The SMILES string of the molecule is O=C(O)c1cc(S(=O)C2CC2)ccc1Cl. The molecule has 1 N–H and O–H groups in total. The van der Waals surface area contributed by atoms with E-state index in [1.165, 1.54) is 12.1 Å². The van der Waals surface area contributed by atoms with Crippen LogP contribution in [0, 0.1) is 0 Å². The summed E-state index contributed by atoms with van der Waals surface area (Å²) in [5, 5.41) is 9.22. The molecule has 0 bridgehead atoms. The van der Waals surface area contributed by atoms with Crippen LogP contribution in [0.25, 0.3) is 0 Å². The fourth-order valence-corrected chi connectivity index (χ4v) is 2.85. The van der Waals surface area contributed by atoms with E-state index in [0.29, 0.717) is 4.90 Å². The Bertz CT molecular complexity index is 440. The highest BCUT2D eigenvalue weighted by Gasteiger charge is 2.29. The number of hydrogen-bond donors (Lipinski definition) is 1. The minimum Gasteiger partial charge on any atom is -0.478 e. The monoisotopic (exact) mass is 244 g/mol. The molecule has 5 heteroatoms. The number of carboxylic acids is 1. The number of hydrogen-bond acceptors (Lipinski definition) is 2. The second-order valence-corrected chi connectivity index (χ2v) is 5.58. The zero-order valence-electron chi connectivity index (χ0n) is 7.77. The Hall–Kier alpha value is -0.870. The van der Waals surface area contributed by atoms with Gasteiger partial charge in [-0.1, -0.05) is 11.6 Å². The Morgan fingerprint density at radius 2 is 2.13 bits per heavy atom. The van der Waals surface area contributed by atoms with Gasteiger partial charge < -0.3 is 5.11 Å². The second-order valence-electron chi connectivity index (χ2n) is 3.44. The van der Waals surface area contributed by atoms with Crippen LogP contribution < -0.4 is 0 Å². The molecule has 0 amide bonds. The van der Waals surface area contributed by atoms with E-state index in [2.05, 4.69) is 0 Å². The average Bonchev–Trinajstić information content (AvgIpc) is 3.00. The first-order valence-electron chi connectivity index (χ1n) is 4.53. The first-order chi connectivity index (χ1) is 7.09. The molecular formula is C10H9ClO3S. The van der Waals surface area contributed by atoms with Gasteiger partial charge in [-0.15, -0.1) is 0 Å². The molecule has 0 aliphatic heterocycles. The van der Waals surface area contributed by atoms with Crippen molar-refractivity contribution in [2.24, 2.45) is 0 Å². The molecule has 1 aliphatic carbocycles. The van der Waals surface area contributed by atoms with Gasteiger partial charge in [0.1, 0.15) is 0 Å². The van der Waals surface area contributed by atoms with E-state index in [0.717, 1.165) is 12.8 Å². The maximum Gasteiger partial charge on any atom is 0.337 e. The predicted molar refractivity (Wildman–Crippen MR) is 57.8 cm³/mol. The number of carbonyl (C=O) groups is 1. The maximum atomic E-state index is 11.8. The fourth-order valence-electron chi connectivity index (χ4n) is 1.27. The lowest BCUT2D eigenvalue weighted by atomic mass is 10.2. The van der Waals surface area contributed by atoms with Crippen LogP contribution >= 0.6 is 11.6 Å². The van der Waals surface area contributed by atoms with E-state index < -0.39 is 16.8 Å². The molecule has 2 rings (SSSR count). The standard InChI is InChI=1S/C10H9ClO3S/c11-9-4-3-7(5-8(9)10(12)13)15(14)6-1-2-6/h3-6H,1-2H2,(H,12,13). The second kappa shape index (κ2) is 3.94. The molecule has 0 radical (unpaired) electrons. The first-order valence-corrected chi connectivity index (χ1v) is 6.12. The van der Waals surface area contributed by atoms with Crippen molar-refractivity contribution in [1.29, 1.82) is 0 Å². The molecule has 0 saturated heterocycles. The number of aromatic carboxylic acids is 1. The minimum absolute atomic E-state index is 0.0168. The molecule has 1 aromatic carbocycles. The van der Waals surface area contributed by atoms with Crippen LogP contribution in [0.3, 0.4) is 0 Å². The summed E-state index contributed by atoms with van der Waals surface area (Å²) in [6.45, 7) is 0. The van der Waals surface area contributed by atoms with Crippen molar-refractivity contribution < 1.29 is 14.1 Å². The summed E-state index contributed by atoms with van der Waals surface area (Å²) >= 11 is 5.71. The summed E-state index contributed by atoms with van der Waals surface area (Å²) in [6.07, 6.45) is 1.91. The van der Waals surface area contributed by atoms with Gasteiger partial charge in [-0.25, -0.2) is 4.79 Å². The van der Waals surface area contributed by atoms with Crippen LogP contribution in [0.4, 0.5) is 0 Å². The summed E-state index contributed by atoms with van der Waals surface area (Å²) in [5.41, 5.74) is 0.0168. The number of halogens is 1. The largest absolute Gasteiger partial charge is 0.478 e. The van der Waals surface area contributed by atoms with Gasteiger partial charge in [0.05, 0.1) is 21.4 Å². The minimum atomic E-state index is -1.09. The van der Waals surface area contributed by atoms with E-state index >= 15 is 0 Å². The molecule has 1 aliphatic rings. The van der Waals surface area contributed by atoms with E-state index in [1.54, 1.807) is 6.07 Å². The van der Waals surface area contributed by atoms with Crippen LogP contribution in [0.5, 0.6) is 0 Å². The quantitative estimate of drug-likeness (QED) is 0.888. The molecule has 1 atom stereocenters. The highest BCUT2D eigenvalue weighted by Crippen LogP contribution is 2.31. The molecule has 15 heavy (non-hydrogen) atoms. The van der Waals surface area contributed by atoms with Crippen LogP contribution in [-0.2, 0) is 10.8 Å². The van der Waals surface area contributed by atoms with E-state index in [4.69, 9.17) is 16.7 Å². The Balaban J connectivity index is 2.37. The normalized spacial score (nSPS) is 17.4. The highest BCUT2D eigenvalue weighted by atomic mass is 35.5. The van der Waals surface area contributed by atoms with Crippen LogP contribution in [0.2, 0.25) is 5.02 Å². The van der Waals surface area contributed by atoms with Crippen molar-refractivity contribution in [2.75, 3.05) is 0 Å². The first kappa shape index (κ1) is 10.6. The lowest BCUT2D eigenvalue weighted by molar-refractivity contribution is 0.0697. The van der Waals surface area contributed by atoms with Gasteiger partial charge in [0.25, 0.3) is 0 Å². The van der Waals surface area contributed by atoms with Crippen LogP contribution in [0.15, 0.2) is 23.1 Å². The third-order valence-electron chi connectivity index (χ3n) is 2.23. The molecule has 80 valence electrons. The molecule has 0 spiro atoms. The summed E-state index contributed by atoms with van der Waals surface area (Å²) in [4.78, 5) is 11.4. The highest BCUT2D eigenvalue weighted by molar-refractivity contribution is 7.86. The maximum absolute atomic E-state index is 11.8. The van der Waals surface area contributed by atoms with Gasteiger partial charge in [0, 0.05) is 10.1 Å². The van der Waals surface area contributed by atoms with Crippen molar-refractivity contribution in [2.45, 2.75) is 23.0 Å². The van der Waals surface area contributed by atoms with E-state index in [-0.39, 0.29) is 15.8 Å². The zero-order chi connectivity index (χ0) is 11.0. The summed E-state index contributed by atoms with van der Waals surface area (Å²) in [7, 11) is -1.08. The Kier molecular flexibility index (Phi) is 2.80.